The standard InChI is InChI=1S/C41H45Cl2N8O6.ClH/c1-51(23-5-4-20-48-39(53)29-50(41(48)55)45-27-35-15-17-37(57-35)31-8-12-33(43)13-9-31)24-21-46(22-25-51)18-2-3-19-47-38(52)28-49(40(47)54)44-26-34-14-16-36(56-34)30-6-10-32(42)11-7-30;/h6-17,26-27H,2-5,18-25,28-29H2,1H3;1H/q+1;/p-1/b44-26+,45-27+;. The molecule has 306 valence electrons. The maximum Gasteiger partial charge on any atom is 0.347 e. The Bertz CT molecular complexity index is 2130. The van der Waals surface area contributed by atoms with E-state index in [4.69, 9.17) is 32.0 Å². The molecule has 7 rings (SSSR count). The van der Waals surface area contributed by atoms with E-state index in [1.165, 1.54) is 32.2 Å². The molecule has 0 spiro atoms. The summed E-state index contributed by atoms with van der Waals surface area (Å²) < 4.78 is 12.6. The van der Waals surface area contributed by atoms with Crippen molar-refractivity contribution in [3.63, 3.8) is 0 Å². The molecule has 3 aliphatic heterocycles. The van der Waals surface area contributed by atoms with E-state index in [-0.39, 0.29) is 37.3 Å². The second-order valence-electron chi connectivity index (χ2n) is 14.7. The molecule has 0 bridgehead atoms. The van der Waals surface area contributed by atoms with Crippen molar-refractivity contribution in [3.8, 4) is 22.6 Å². The maximum absolute atomic E-state index is 13.0. The zero-order valence-electron chi connectivity index (χ0n) is 32.1. The summed E-state index contributed by atoms with van der Waals surface area (Å²) in [6, 6.07) is 20.9. The number of likely N-dealkylation sites (N-methyl/N-ethyl adjacent to an activating group) is 1. The van der Waals surface area contributed by atoms with Crippen molar-refractivity contribution in [2.24, 2.45) is 10.2 Å². The van der Waals surface area contributed by atoms with Gasteiger partial charge in [-0.05, 0) is 105 Å². The summed E-state index contributed by atoms with van der Waals surface area (Å²) in [5, 5.41) is 12.1. The Balaban J connectivity index is 0.00000567. The smallest absolute Gasteiger partial charge is 0.347 e. The topological polar surface area (TPSA) is 135 Å². The number of hydrogen-bond acceptors (Lipinski definition) is 9. The molecule has 2 aromatic carbocycles. The monoisotopic (exact) mass is 850 g/mol. The lowest BCUT2D eigenvalue weighted by molar-refractivity contribution is -0.913. The highest BCUT2D eigenvalue weighted by Gasteiger charge is 2.37. The van der Waals surface area contributed by atoms with E-state index in [2.05, 4.69) is 22.2 Å². The fourth-order valence-corrected chi connectivity index (χ4v) is 7.37. The van der Waals surface area contributed by atoms with Gasteiger partial charge in [0.1, 0.15) is 36.1 Å². The predicted octanol–water partition coefficient (Wildman–Crippen LogP) is 3.74. The van der Waals surface area contributed by atoms with E-state index >= 15 is 0 Å². The van der Waals surface area contributed by atoms with Crippen molar-refractivity contribution < 1.29 is 44.9 Å². The number of hydrazone groups is 2. The molecule has 3 saturated heterocycles. The normalized spacial score (nSPS) is 17.5. The summed E-state index contributed by atoms with van der Waals surface area (Å²) in [7, 11) is 2.26. The molecule has 0 atom stereocenters. The van der Waals surface area contributed by atoms with Gasteiger partial charge < -0.3 is 25.7 Å². The fourth-order valence-electron chi connectivity index (χ4n) is 7.12. The number of halogens is 3. The number of carbonyl (C=O) groups excluding carboxylic acids is 4. The van der Waals surface area contributed by atoms with Crippen molar-refractivity contribution in [3.05, 3.63) is 94.4 Å². The summed E-state index contributed by atoms with van der Waals surface area (Å²) in [6.45, 7) is 6.30. The number of carbonyl (C=O) groups is 4. The van der Waals surface area contributed by atoms with Gasteiger partial charge in [-0.2, -0.15) is 10.2 Å². The number of furan rings is 2. The van der Waals surface area contributed by atoms with Crippen LogP contribution < -0.4 is 12.4 Å². The second-order valence-corrected chi connectivity index (χ2v) is 15.6. The van der Waals surface area contributed by atoms with Gasteiger partial charge in [0.15, 0.2) is 0 Å². The summed E-state index contributed by atoms with van der Waals surface area (Å²) in [5.41, 5.74) is 1.74. The molecule has 5 heterocycles. The van der Waals surface area contributed by atoms with Crippen molar-refractivity contribution in [1.29, 1.82) is 0 Å². The Labute approximate surface area is 353 Å². The molecule has 0 saturated carbocycles. The molecule has 0 aliphatic carbocycles. The number of urea groups is 2. The van der Waals surface area contributed by atoms with Crippen molar-refractivity contribution in [2.75, 3.05) is 72.5 Å². The van der Waals surface area contributed by atoms with Gasteiger partial charge in [-0.25, -0.2) is 19.6 Å². The van der Waals surface area contributed by atoms with Gasteiger partial charge >= 0.3 is 12.1 Å². The fraction of sp³-hybridized carbons (Fsp3) is 0.366. The van der Waals surface area contributed by atoms with E-state index in [1.807, 2.05) is 36.4 Å². The van der Waals surface area contributed by atoms with Gasteiger partial charge in [-0.15, -0.1) is 0 Å². The number of amides is 6. The average molecular weight is 852 g/mol. The van der Waals surface area contributed by atoms with Gasteiger partial charge in [0.25, 0.3) is 11.8 Å². The predicted molar refractivity (Wildman–Crippen MR) is 217 cm³/mol. The van der Waals surface area contributed by atoms with Crippen LogP contribution in [0, 0.1) is 0 Å². The molecule has 17 heteroatoms. The average Bonchev–Trinajstić information content (AvgIpc) is 3.99. The number of rotatable bonds is 16. The van der Waals surface area contributed by atoms with Crippen LogP contribution in [0.5, 0.6) is 0 Å². The number of benzene rings is 2. The van der Waals surface area contributed by atoms with E-state index in [9.17, 15) is 19.2 Å². The van der Waals surface area contributed by atoms with E-state index in [1.54, 1.807) is 36.4 Å². The van der Waals surface area contributed by atoms with E-state index in [0.717, 1.165) is 74.1 Å². The van der Waals surface area contributed by atoms with Gasteiger partial charge in [-0.1, -0.05) is 23.2 Å². The van der Waals surface area contributed by atoms with E-state index in [0.29, 0.717) is 52.6 Å². The number of piperazine rings is 1. The maximum atomic E-state index is 13.0. The molecule has 0 unspecified atom stereocenters. The summed E-state index contributed by atoms with van der Waals surface area (Å²) in [6.07, 6.45) is 6.09. The molecular formula is C41H45Cl3N8O6. The minimum Gasteiger partial charge on any atom is -1.00 e. The third-order valence-electron chi connectivity index (χ3n) is 10.6. The summed E-state index contributed by atoms with van der Waals surface area (Å²) in [5.74, 6) is 1.72. The quantitative estimate of drug-likeness (QED) is 0.0726. The van der Waals surface area contributed by atoms with Crippen molar-refractivity contribution >= 4 is 59.5 Å². The molecule has 14 nitrogen and oxygen atoms in total. The van der Waals surface area contributed by atoms with Crippen LogP contribution in [0.1, 0.15) is 37.2 Å². The Hall–Kier alpha value is -4.99. The van der Waals surface area contributed by atoms with Crippen LogP contribution in [0.2, 0.25) is 10.0 Å². The minimum atomic E-state index is -0.425. The van der Waals surface area contributed by atoms with Crippen molar-refractivity contribution in [1.82, 2.24) is 24.7 Å². The molecule has 6 amide bonds. The first kappa shape index (κ1) is 42.6. The molecule has 2 aromatic heterocycles. The summed E-state index contributed by atoms with van der Waals surface area (Å²) in [4.78, 5) is 56.2. The third kappa shape index (κ3) is 10.5. The Morgan fingerprint density at radius 3 is 1.52 bits per heavy atom. The number of unbranched alkanes of at least 4 members (excludes halogenated alkanes) is 2. The first-order valence-electron chi connectivity index (χ1n) is 19.1. The molecule has 4 aromatic rings. The van der Waals surface area contributed by atoms with Crippen LogP contribution in [0.15, 0.2) is 91.8 Å². The molecule has 3 fully saturated rings. The highest BCUT2D eigenvalue weighted by Crippen LogP contribution is 2.25. The number of nitrogens with zero attached hydrogens (tertiary/aromatic N) is 8. The molecule has 0 radical (unpaired) electrons. The number of hydrogen-bond donors (Lipinski definition) is 0. The zero-order valence-corrected chi connectivity index (χ0v) is 34.4. The minimum absolute atomic E-state index is 0. The van der Waals surface area contributed by atoms with Crippen molar-refractivity contribution in [2.45, 2.75) is 25.7 Å². The van der Waals surface area contributed by atoms with E-state index < -0.39 is 12.1 Å². The second kappa shape index (κ2) is 19.2. The lowest BCUT2D eigenvalue weighted by Crippen LogP contribution is -3.00. The molecule has 3 aliphatic rings. The van der Waals surface area contributed by atoms with Gasteiger partial charge in [0.2, 0.25) is 0 Å². The van der Waals surface area contributed by atoms with Crippen LogP contribution in [-0.2, 0) is 9.59 Å². The van der Waals surface area contributed by atoms with Gasteiger partial charge in [0, 0.05) is 47.4 Å². The largest absolute Gasteiger partial charge is 1.00 e. The Morgan fingerprint density at radius 2 is 1.05 bits per heavy atom. The molecule has 0 N–H and O–H groups in total. The highest BCUT2D eigenvalue weighted by atomic mass is 35.5. The lowest BCUT2D eigenvalue weighted by Gasteiger charge is -2.42. The number of imide groups is 2. The van der Waals surface area contributed by atoms with Gasteiger partial charge in [0.05, 0.1) is 39.1 Å². The first-order chi connectivity index (χ1) is 27.5. The van der Waals surface area contributed by atoms with Gasteiger partial charge in [-0.3, -0.25) is 24.3 Å². The van der Waals surface area contributed by atoms with Crippen LogP contribution in [-0.4, -0.2) is 138 Å². The Morgan fingerprint density at radius 1 is 0.621 bits per heavy atom. The summed E-state index contributed by atoms with van der Waals surface area (Å²) >= 11 is 11.9. The molecule has 58 heavy (non-hydrogen) atoms. The zero-order chi connectivity index (χ0) is 39.9. The van der Waals surface area contributed by atoms with Crippen LogP contribution >= 0.6 is 23.2 Å². The Kier molecular flexibility index (Phi) is 14.1. The molecular weight excluding hydrogens is 807 g/mol. The number of quaternary nitrogens is 1. The lowest BCUT2D eigenvalue weighted by atomic mass is 10.2. The SMILES string of the molecule is C[N+]1(CCCCN2C(=O)CN(/N=C/c3ccc(-c4ccc(Cl)cc4)o3)C2=O)CCN(CCCCN2C(=O)CN(/N=C/c3ccc(-c4ccc(Cl)cc4)o3)C2=O)CC1.[Cl-]. The van der Waals surface area contributed by atoms with Crippen LogP contribution in [0.3, 0.4) is 0 Å². The third-order valence-corrected chi connectivity index (χ3v) is 11.1. The van der Waals surface area contributed by atoms with Crippen LogP contribution in [0.25, 0.3) is 22.6 Å². The first-order valence-corrected chi connectivity index (χ1v) is 19.9. The highest BCUT2D eigenvalue weighted by molar-refractivity contribution is 6.30. The van der Waals surface area contributed by atoms with Crippen LogP contribution in [0.4, 0.5) is 9.59 Å².